The summed E-state index contributed by atoms with van der Waals surface area (Å²) in [4.78, 5) is 25.6. The molecule has 9 heteroatoms. The van der Waals surface area contributed by atoms with Gasteiger partial charge in [0.2, 0.25) is 0 Å². The molecule has 1 atom stereocenters. The second-order valence-corrected chi connectivity index (χ2v) is 8.50. The zero-order valence-electron chi connectivity index (χ0n) is 14.1. The first-order valence-corrected chi connectivity index (χ1v) is 10.2. The second kappa shape index (κ2) is 7.64. The van der Waals surface area contributed by atoms with Crippen LogP contribution in [0.4, 0.5) is 5.00 Å². The number of carbonyl (C=O) groups is 1. The van der Waals surface area contributed by atoms with Crippen molar-refractivity contribution in [1.29, 1.82) is 0 Å². The quantitative estimate of drug-likeness (QED) is 0.595. The molecule has 1 amide bonds. The number of nitro groups is 1. The van der Waals surface area contributed by atoms with E-state index in [2.05, 4.69) is 10.7 Å². The molecule has 2 aromatic heterocycles. The molecule has 1 N–H and O–H groups in total. The Morgan fingerprint density at radius 1 is 1.38 bits per heavy atom. The minimum Gasteiger partial charge on any atom is -0.331 e. The molecule has 1 spiro atoms. The zero-order chi connectivity index (χ0) is 17.4. The van der Waals surface area contributed by atoms with E-state index in [9.17, 15) is 14.9 Å². The predicted octanol–water partition coefficient (Wildman–Crippen LogP) is 3.92. The van der Waals surface area contributed by atoms with Gasteiger partial charge in [-0.25, -0.2) is 0 Å². The lowest BCUT2D eigenvalue weighted by molar-refractivity contribution is -0.380. The fourth-order valence-electron chi connectivity index (χ4n) is 3.83. The second-order valence-electron chi connectivity index (χ2n) is 6.83. The van der Waals surface area contributed by atoms with Crippen LogP contribution in [0.2, 0.25) is 0 Å². The Bertz CT molecular complexity index is 787. The van der Waals surface area contributed by atoms with Crippen LogP contribution < -0.4 is 5.32 Å². The number of halogens is 1. The highest BCUT2D eigenvalue weighted by Crippen LogP contribution is 2.56. The summed E-state index contributed by atoms with van der Waals surface area (Å²) in [6.45, 7) is 2.58. The van der Waals surface area contributed by atoms with E-state index in [1.54, 1.807) is 16.7 Å². The van der Waals surface area contributed by atoms with Crippen molar-refractivity contribution in [3.63, 3.8) is 0 Å². The Morgan fingerprint density at radius 3 is 2.77 bits per heavy atom. The molecular weight excluding hydrogens is 394 g/mol. The van der Waals surface area contributed by atoms with Gasteiger partial charge >= 0.3 is 5.00 Å². The SMILES string of the molecule is Cl.O=C(c1csc([N+](=O)[O-])c1)N(Cc1ccsc1)C1CC12CCNCC2. The third-order valence-electron chi connectivity index (χ3n) is 5.33. The highest BCUT2D eigenvalue weighted by molar-refractivity contribution is 7.13. The van der Waals surface area contributed by atoms with Crippen LogP contribution in [0.5, 0.6) is 0 Å². The maximum Gasteiger partial charge on any atom is 0.324 e. The van der Waals surface area contributed by atoms with Crippen molar-refractivity contribution >= 4 is 46.0 Å². The molecule has 1 unspecified atom stereocenters. The fourth-order valence-corrected chi connectivity index (χ4v) is 5.19. The molecule has 6 nitrogen and oxygen atoms in total. The van der Waals surface area contributed by atoms with Crippen molar-refractivity contribution in [2.45, 2.75) is 31.8 Å². The number of piperidine rings is 1. The number of rotatable bonds is 5. The van der Waals surface area contributed by atoms with Crippen LogP contribution in [0.25, 0.3) is 0 Å². The molecule has 0 aromatic carbocycles. The highest BCUT2D eigenvalue weighted by atomic mass is 35.5. The Balaban J connectivity index is 0.00000196. The number of hydrogen-bond donors (Lipinski definition) is 1. The fraction of sp³-hybridized carbons (Fsp3) is 0.471. The Hall–Kier alpha value is -1.48. The van der Waals surface area contributed by atoms with Gasteiger partial charge in [0.15, 0.2) is 0 Å². The van der Waals surface area contributed by atoms with Gasteiger partial charge in [-0.15, -0.1) is 12.4 Å². The normalized spacial score (nSPS) is 20.4. The Labute approximate surface area is 165 Å². The van der Waals surface area contributed by atoms with Crippen molar-refractivity contribution < 1.29 is 9.72 Å². The molecule has 26 heavy (non-hydrogen) atoms. The number of nitrogens with zero attached hydrogens (tertiary/aromatic N) is 2. The van der Waals surface area contributed by atoms with Gasteiger partial charge in [-0.3, -0.25) is 14.9 Å². The monoisotopic (exact) mass is 413 g/mol. The van der Waals surface area contributed by atoms with Gasteiger partial charge in [-0.05, 0) is 60.2 Å². The van der Waals surface area contributed by atoms with Gasteiger partial charge in [0.1, 0.15) is 0 Å². The average molecular weight is 414 g/mol. The molecule has 2 fully saturated rings. The summed E-state index contributed by atoms with van der Waals surface area (Å²) in [5.41, 5.74) is 1.79. The van der Waals surface area contributed by atoms with Crippen LogP contribution in [0.1, 0.15) is 35.2 Å². The molecule has 1 aliphatic heterocycles. The largest absolute Gasteiger partial charge is 0.331 e. The molecule has 0 radical (unpaired) electrons. The van der Waals surface area contributed by atoms with Crippen LogP contribution in [0.15, 0.2) is 28.3 Å². The minimum atomic E-state index is -0.434. The van der Waals surface area contributed by atoms with E-state index < -0.39 is 4.92 Å². The molecule has 1 saturated carbocycles. The number of amides is 1. The average Bonchev–Trinajstić information content (AvgIpc) is 3.06. The van der Waals surface area contributed by atoms with E-state index in [1.807, 2.05) is 16.3 Å². The van der Waals surface area contributed by atoms with Gasteiger partial charge in [0, 0.05) is 24.0 Å². The van der Waals surface area contributed by atoms with Crippen molar-refractivity contribution in [2.24, 2.45) is 5.41 Å². The molecule has 2 aliphatic rings. The van der Waals surface area contributed by atoms with E-state index in [-0.39, 0.29) is 34.8 Å². The molecule has 2 aromatic rings. The van der Waals surface area contributed by atoms with E-state index in [0.717, 1.165) is 49.3 Å². The van der Waals surface area contributed by atoms with Crippen LogP contribution in [0, 0.1) is 15.5 Å². The molecule has 1 saturated heterocycles. The van der Waals surface area contributed by atoms with Gasteiger partial charge in [0.05, 0.1) is 10.5 Å². The molecule has 3 heterocycles. The maximum absolute atomic E-state index is 13.1. The number of hydrogen-bond acceptors (Lipinski definition) is 6. The van der Waals surface area contributed by atoms with E-state index >= 15 is 0 Å². The Kier molecular flexibility index (Phi) is 5.67. The lowest BCUT2D eigenvalue weighted by atomic mass is 9.93. The summed E-state index contributed by atoms with van der Waals surface area (Å²) in [5, 5.41) is 20.0. The smallest absolute Gasteiger partial charge is 0.324 e. The zero-order valence-corrected chi connectivity index (χ0v) is 16.5. The number of thiophene rings is 2. The third kappa shape index (κ3) is 3.64. The van der Waals surface area contributed by atoms with Crippen molar-refractivity contribution in [3.8, 4) is 0 Å². The molecule has 4 rings (SSSR count). The summed E-state index contributed by atoms with van der Waals surface area (Å²) in [5.74, 6) is -0.0871. The van der Waals surface area contributed by atoms with Crippen LogP contribution in [-0.2, 0) is 6.54 Å². The van der Waals surface area contributed by atoms with Gasteiger partial charge in [-0.2, -0.15) is 11.3 Å². The van der Waals surface area contributed by atoms with Crippen molar-refractivity contribution in [2.75, 3.05) is 13.1 Å². The molecule has 140 valence electrons. The summed E-state index contributed by atoms with van der Waals surface area (Å²) in [6, 6.07) is 3.69. The standard InChI is InChI=1S/C17H19N3O3S2.ClH/c21-16(13-7-15(20(22)23)25-11-13)19(9-12-1-6-24-10-12)14-8-17(14)2-4-18-5-3-17;/h1,6-7,10-11,14,18H,2-5,8-9H2;1H. The molecule has 1 aliphatic carbocycles. The molecular formula is C17H20ClN3O3S2. The summed E-state index contributed by atoms with van der Waals surface area (Å²) >= 11 is 2.64. The third-order valence-corrected chi connectivity index (χ3v) is 6.94. The topological polar surface area (TPSA) is 75.5 Å². The summed E-state index contributed by atoms with van der Waals surface area (Å²) < 4.78 is 0. The first-order valence-electron chi connectivity index (χ1n) is 8.35. The number of nitrogens with one attached hydrogen (secondary N) is 1. The van der Waals surface area contributed by atoms with E-state index in [0.29, 0.717) is 12.1 Å². The Morgan fingerprint density at radius 2 is 2.15 bits per heavy atom. The maximum atomic E-state index is 13.1. The summed E-state index contributed by atoms with van der Waals surface area (Å²) in [7, 11) is 0. The lowest BCUT2D eigenvalue weighted by Crippen LogP contribution is -2.39. The van der Waals surface area contributed by atoms with Gasteiger partial charge < -0.3 is 10.2 Å². The van der Waals surface area contributed by atoms with Crippen LogP contribution in [-0.4, -0.2) is 34.9 Å². The van der Waals surface area contributed by atoms with Gasteiger partial charge in [0.25, 0.3) is 5.91 Å². The van der Waals surface area contributed by atoms with Crippen molar-refractivity contribution in [1.82, 2.24) is 10.2 Å². The first-order chi connectivity index (χ1) is 12.1. The van der Waals surface area contributed by atoms with Crippen LogP contribution in [0.3, 0.4) is 0 Å². The predicted molar refractivity (Wildman–Crippen MR) is 105 cm³/mol. The minimum absolute atomic E-state index is 0. The van der Waals surface area contributed by atoms with Gasteiger partial charge in [-0.1, -0.05) is 11.3 Å². The highest BCUT2D eigenvalue weighted by Gasteiger charge is 2.57. The van der Waals surface area contributed by atoms with E-state index in [4.69, 9.17) is 0 Å². The van der Waals surface area contributed by atoms with Crippen LogP contribution >= 0.6 is 35.1 Å². The first kappa shape index (κ1) is 19.3. The molecule has 0 bridgehead atoms. The van der Waals surface area contributed by atoms with Crippen molar-refractivity contribution in [3.05, 3.63) is 49.5 Å². The lowest BCUT2D eigenvalue weighted by Gasteiger charge is -2.29. The van der Waals surface area contributed by atoms with E-state index in [1.165, 1.54) is 6.07 Å². The summed E-state index contributed by atoms with van der Waals surface area (Å²) in [6.07, 6.45) is 3.22. The number of carbonyl (C=O) groups excluding carboxylic acids is 1.